The lowest BCUT2D eigenvalue weighted by atomic mass is 9.86. The van der Waals surface area contributed by atoms with E-state index < -0.39 is 26.4 Å². The molecule has 1 fully saturated rings. The van der Waals surface area contributed by atoms with Crippen molar-refractivity contribution in [2.45, 2.75) is 183 Å². The molecule has 4 nitrogen and oxygen atoms in total. The third kappa shape index (κ3) is 22.4. The summed E-state index contributed by atoms with van der Waals surface area (Å²) in [6, 6.07) is 20.9. The Morgan fingerprint density at radius 2 is 0.761 bits per heavy atom. The maximum atomic E-state index is 12.4. The molecule has 1 aliphatic rings. The summed E-state index contributed by atoms with van der Waals surface area (Å²) in [5.41, 5.74) is 2.21. The second-order valence-electron chi connectivity index (χ2n) is 19.8. The van der Waals surface area contributed by atoms with E-state index in [9.17, 15) is 35.1 Å². The molecular formula is C51H67ClF8O4S3. The lowest BCUT2D eigenvalue weighted by molar-refractivity contribution is -0.0516. The first kappa shape index (κ1) is 60.0. The van der Waals surface area contributed by atoms with Gasteiger partial charge in [-0.05, 0) is 114 Å². The summed E-state index contributed by atoms with van der Waals surface area (Å²) < 4.78 is 116. The Morgan fingerprint density at radius 1 is 0.463 bits per heavy atom. The van der Waals surface area contributed by atoms with Gasteiger partial charge in [0.15, 0.2) is 0 Å². The van der Waals surface area contributed by atoms with Crippen LogP contribution in [0.25, 0.3) is 0 Å². The highest BCUT2D eigenvalue weighted by atomic mass is 35.5. The van der Waals surface area contributed by atoms with E-state index in [-0.39, 0.29) is 44.7 Å². The lowest BCUT2D eigenvalue weighted by Gasteiger charge is -2.23. The zero-order valence-electron chi connectivity index (χ0n) is 41.1. The molecule has 4 aromatic carbocycles. The monoisotopic (exact) mass is 1030 g/mol. The van der Waals surface area contributed by atoms with Gasteiger partial charge in [0.2, 0.25) is 0 Å². The van der Waals surface area contributed by atoms with E-state index in [0.717, 1.165) is 31.4 Å². The van der Waals surface area contributed by atoms with E-state index in [2.05, 4.69) is 32.8 Å². The maximum absolute atomic E-state index is 12.4. The fourth-order valence-corrected chi connectivity index (χ4v) is 8.67. The van der Waals surface area contributed by atoms with Crippen molar-refractivity contribution in [2.24, 2.45) is 0 Å². The Kier molecular flexibility index (Phi) is 23.4. The van der Waals surface area contributed by atoms with Gasteiger partial charge in [0, 0.05) is 52.5 Å². The highest BCUT2D eigenvalue weighted by Gasteiger charge is 2.27. The number of thioether (sulfide) groups is 3. The smallest absolute Gasteiger partial charge is 0.387 e. The van der Waals surface area contributed by atoms with Crippen molar-refractivity contribution in [3.8, 4) is 23.0 Å². The summed E-state index contributed by atoms with van der Waals surface area (Å²) >= 11 is 10.9. The summed E-state index contributed by atoms with van der Waals surface area (Å²) in [5, 5.41) is 1.68. The highest BCUT2D eigenvalue weighted by molar-refractivity contribution is 8.00. The minimum Gasteiger partial charge on any atom is -0.435 e. The third-order valence-electron chi connectivity index (χ3n) is 9.33. The van der Waals surface area contributed by atoms with Crippen molar-refractivity contribution in [3.63, 3.8) is 0 Å². The molecule has 0 heterocycles. The standard InChI is InChI=1S/C14H18F2OS.C14H20F2OS.C12H16F2OS.C11H13ClF2O/c1-14(2,3)11-8-10(18-9-4-5-9)6-7-12(11)17-13(15)16;1-9(2)18-10-6-7-12(17-13(15)16)11(8-10)14(3,4)5;1-12(2,3)9-7-8(16-4)5-6-10(9)15-11(13)14;1-11(2,3)8-6-7(12)4-5-9(8)15-10(13)14/h6-9,13H,4-5H2,1-3H3;6-9,13H,1-5H3;5-7,11H,1-4H3;4-6,10H,1-3H3. The minimum absolute atomic E-state index is 0.182. The number of benzene rings is 4. The van der Waals surface area contributed by atoms with Gasteiger partial charge < -0.3 is 18.9 Å². The molecule has 0 N–H and O–H groups in total. The normalized spacial score (nSPS) is 13.1. The van der Waals surface area contributed by atoms with Crippen molar-refractivity contribution in [1.29, 1.82) is 0 Å². The number of hydrogen-bond acceptors (Lipinski definition) is 7. The van der Waals surface area contributed by atoms with E-state index >= 15 is 0 Å². The Balaban J connectivity index is 0.000000308. The van der Waals surface area contributed by atoms with Crippen LogP contribution in [0.15, 0.2) is 87.5 Å². The Morgan fingerprint density at radius 3 is 1.07 bits per heavy atom. The summed E-state index contributed by atoms with van der Waals surface area (Å²) in [4.78, 5) is 3.27. The predicted octanol–water partition coefficient (Wildman–Crippen LogP) is 18.5. The summed E-state index contributed by atoms with van der Waals surface area (Å²) in [6.07, 6.45) is 4.46. The van der Waals surface area contributed by atoms with Crippen LogP contribution in [0.2, 0.25) is 5.02 Å². The average Bonchev–Trinajstić information content (AvgIpc) is 3.99. The molecule has 67 heavy (non-hydrogen) atoms. The van der Waals surface area contributed by atoms with Crippen molar-refractivity contribution in [1.82, 2.24) is 0 Å². The van der Waals surface area contributed by atoms with Gasteiger partial charge in [-0.3, -0.25) is 0 Å². The zero-order chi connectivity index (χ0) is 51.2. The van der Waals surface area contributed by atoms with E-state index in [4.69, 9.17) is 11.6 Å². The Labute approximate surface area is 411 Å². The van der Waals surface area contributed by atoms with Gasteiger partial charge >= 0.3 is 26.4 Å². The Bertz CT molecular complexity index is 2050. The first-order valence-corrected chi connectivity index (χ1v) is 25.0. The first-order valence-electron chi connectivity index (χ1n) is 21.6. The average molecular weight is 1030 g/mol. The van der Waals surface area contributed by atoms with Gasteiger partial charge in [-0.1, -0.05) is 109 Å². The molecular weight excluding hydrogens is 960 g/mol. The molecule has 0 unspecified atom stereocenters. The molecule has 0 atom stereocenters. The predicted molar refractivity (Wildman–Crippen MR) is 264 cm³/mol. The van der Waals surface area contributed by atoms with Crippen LogP contribution in [-0.4, -0.2) is 43.2 Å². The molecule has 1 saturated carbocycles. The van der Waals surface area contributed by atoms with Crippen LogP contribution in [0.1, 0.15) is 132 Å². The molecule has 1 aliphatic carbocycles. The van der Waals surface area contributed by atoms with Crippen LogP contribution in [0.3, 0.4) is 0 Å². The van der Waals surface area contributed by atoms with E-state index in [0.29, 0.717) is 21.1 Å². The second kappa shape index (κ2) is 26.2. The number of halogens is 9. The number of rotatable bonds is 13. The van der Waals surface area contributed by atoms with Crippen LogP contribution >= 0.6 is 46.9 Å². The van der Waals surface area contributed by atoms with Crippen molar-refractivity contribution in [2.75, 3.05) is 6.26 Å². The molecule has 16 heteroatoms. The zero-order valence-corrected chi connectivity index (χ0v) is 44.3. The van der Waals surface area contributed by atoms with Crippen molar-refractivity contribution < 1.29 is 54.1 Å². The SMILES string of the molecule is CC(C)(C)c1cc(Cl)ccc1OC(F)F.CC(C)(C)c1cc(SC2CC2)ccc1OC(F)F.CC(C)Sc1ccc(OC(F)F)c(C(C)(C)C)c1.CSc1ccc(OC(F)F)c(C(C)(C)C)c1. The first-order chi connectivity index (χ1) is 30.7. The fourth-order valence-electron chi connectivity index (χ4n) is 6.09. The molecule has 0 aromatic heterocycles. The molecule has 376 valence electrons. The van der Waals surface area contributed by atoms with Gasteiger partial charge in [-0.2, -0.15) is 35.1 Å². The molecule has 0 spiro atoms. The van der Waals surface area contributed by atoms with Crippen molar-refractivity contribution >= 4 is 46.9 Å². The van der Waals surface area contributed by atoms with Gasteiger partial charge in [-0.25, -0.2) is 0 Å². The molecule has 0 aliphatic heterocycles. The fraction of sp³-hybridized carbons (Fsp3) is 0.529. The molecule has 0 amide bonds. The van der Waals surface area contributed by atoms with Crippen LogP contribution in [-0.2, 0) is 21.7 Å². The van der Waals surface area contributed by atoms with Crippen LogP contribution < -0.4 is 18.9 Å². The van der Waals surface area contributed by atoms with Gasteiger partial charge in [0.1, 0.15) is 23.0 Å². The highest BCUT2D eigenvalue weighted by Crippen LogP contribution is 2.43. The van der Waals surface area contributed by atoms with Gasteiger partial charge in [-0.15, -0.1) is 35.3 Å². The van der Waals surface area contributed by atoms with Crippen LogP contribution in [0, 0.1) is 0 Å². The summed E-state index contributed by atoms with van der Waals surface area (Å²) in [6.45, 7) is 16.7. The van der Waals surface area contributed by atoms with Crippen LogP contribution in [0.4, 0.5) is 35.1 Å². The maximum Gasteiger partial charge on any atom is 0.387 e. The Hall–Kier alpha value is -3.14. The van der Waals surface area contributed by atoms with Crippen molar-refractivity contribution in [3.05, 3.63) is 100 Å². The van der Waals surface area contributed by atoms with E-state index in [1.54, 1.807) is 53.9 Å². The minimum atomic E-state index is -2.81. The quantitative estimate of drug-likeness (QED) is 0.0975. The van der Waals surface area contributed by atoms with E-state index in [1.165, 1.54) is 25.0 Å². The largest absolute Gasteiger partial charge is 0.435 e. The molecule has 0 radical (unpaired) electrons. The number of hydrogen-bond donors (Lipinski definition) is 0. The summed E-state index contributed by atoms with van der Waals surface area (Å²) in [5.74, 6) is 1.01. The molecule has 5 rings (SSSR count). The van der Waals surface area contributed by atoms with E-state index in [1.807, 2.05) is 131 Å². The van der Waals surface area contributed by atoms with Crippen LogP contribution in [0.5, 0.6) is 23.0 Å². The molecule has 0 bridgehead atoms. The lowest BCUT2D eigenvalue weighted by Crippen LogP contribution is -2.15. The van der Waals surface area contributed by atoms with Gasteiger partial charge in [0.25, 0.3) is 0 Å². The molecule has 4 aromatic rings. The van der Waals surface area contributed by atoms with Gasteiger partial charge in [0.05, 0.1) is 0 Å². The number of alkyl halides is 8. The second-order valence-corrected chi connectivity index (χ2v) is 24.2. The third-order valence-corrected chi connectivity index (χ3v) is 12.6. The molecule has 0 saturated heterocycles. The topological polar surface area (TPSA) is 36.9 Å². The summed E-state index contributed by atoms with van der Waals surface area (Å²) in [7, 11) is 0. The number of ether oxygens (including phenoxy) is 4.